The zero-order valence-corrected chi connectivity index (χ0v) is 11.3. The van der Waals surface area contributed by atoms with E-state index in [0.717, 1.165) is 12.2 Å². The van der Waals surface area contributed by atoms with Crippen LogP contribution in [0.3, 0.4) is 0 Å². The molecule has 0 heterocycles. The molecular weight excluding hydrogens is 200 g/mol. The molecule has 80 valence electrons. The van der Waals surface area contributed by atoms with E-state index in [9.17, 15) is 0 Å². The monoisotopic (exact) mass is 222 g/mol. The van der Waals surface area contributed by atoms with Gasteiger partial charge in [-0.3, -0.25) is 0 Å². The maximum atomic E-state index is 6.03. The van der Waals surface area contributed by atoms with Crippen molar-refractivity contribution in [3.05, 3.63) is 0 Å². The Labute approximate surface area is 89.8 Å². The van der Waals surface area contributed by atoms with Crippen LogP contribution in [-0.2, 0) is 25.4 Å². The third kappa shape index (κ3) is 6.58. The van der Waals surface area contributed by atoms with Gasteiger partial charge in [0.1, 0.15) is 0 Å². The van der Waals surface area contributed by atoms with Crippen molar-refractivity contribution in [2.75, 3.05) is 12.0 Å². The lowest BCUT2D eigenvalue weighted by atomic mass is 10.0. The molecule has 0 spiro atoms. The van der Waals surface area contributed by atoms with Gasteiger partial charge in [-0.2, -0.15) is 0 Å². The Morgan fingerprint density at radius 2 is 1.62 bits per heavy atom. The number of hydrogen-bond acceptors (Lipinski definition) is 2. The minimum Gasteiger partial charge on any atom is -0.369 e. The molecule has 0 radical (unpaired) electrons. The second kappa shape index (κ2) is 4.85. The Morgan fingerprint density at radius 1 is 1.15 bits per heavy atom. The molecule has 0 fully saturated rings. The number of hydrogen-bond donors (Lipinski definition) is 0. The largest absolute Gasteiger partial charge is 0.369 e. The number of ether oxygens (including phenoxy) is 1. The maximum absolute atomic E-state index is 6.03. The van der Waals surface area contributed by atoms with Crippen molar-refractivity contribution in [1.82, 2.24) is 0 Å². The minimum absolute atomic E-state index is 0.0296. The van der Waals surface area contributed by atoms with Crippen LogP contribution in [-0.4, -0.2) is 23.2 Å². The molecule has 0 saturated heterocycles. The Bertz CT molecular complexity index is 185. The van der Waals surface area contributed by atoms with E-state index in [-0.39, 0.29) is 20.7 Å². The summed E-state index contributed by atoms with van der Waals surface area (Å²) in [4.78, 5) is 0. The summed E-state index contributed by atoms with van der Waals surface area (Å²) < 4.78 is 6.03. The molecule has 0 rings (SSSR count). The molecule has 13 heavy (non-hydrogen) atoms. The van der Waals surface area contributed by atoms with E-state index in [4.69, 9.17) is 15.9 Å². The summed E-state index contributed by atoms with van der Waals surface area (Å²) in [6.07, 6.45) is 3.12. The predicted molar refractivity (Wildman–Crippen MR) is 65.1 cm³/mol. The van der Waals surface area contributed by atoms with Crippen LogP contribution in [0.25, 0.3) is 0 Å². The van der Waals surface area contributed by atoms with Crippen molar-refractivity contribution in [2.24, 2.45) is 0 Å². The lowest BCUT2D eigenvalue weighted by Crippen LogP contribution is -2.40. The van der Waals surface area contributed by atoms with Crippen LogP contribution in [0.2, 0.25) is 0 Å². The molecule has 0 aliphatic carbocycles. The fourth-order valence-corrected chi connectivity index (χ4v) is 3.23. The van der Waals surface area contributed by atoms with Crippen molar-refractivity contribution < 1.29 is 4.74 Å². The predicted octanol–water partition coefficient (Wildman–Crippen LogP) is 2.68. The van der Waals surface area contributed by atoms with Crippen LogP contribution in [0.4, 0.5) is 0 Å². The highest BCUT2D eigenvalue weighted by molar-refractivity contribution is 8.28. The molecule has 1 nitrogen and oxygen atoms in total. The first-order valence-electron chi connectivity index (χ1n) is 4.69. The fraction of sp³-hybridized carbons (Fsp3) is 1.00. The molecule has 0 aliphatic rings. The van der Waals surface area contributed by atoms with Crippen LogP contribution in [0, 0.1) is 0 Å². The average Bonchev–Trinajstić information content (AvgIpc) is 1.81. The van der Waals surface area contributed by atoms with Gasteiger partial charge in [0.15, 0.2) is 0 Å². The summed E-state index contributed by atoms with van der Waals surface area (Å²) in [5.41, 5.74) is -0.114. The highest BCUT2D eigenvalue weighted by Gasteiger charge is 2.27. The summed E-state index contributed by atoms with van der Waals surface area (Å²) in [6, 6.07) is 0. The lowest BCUT2D eigenvalue weighted by Gasteiger charge is -2.35. The average molecular weight is 222 g/mol. The normalized spacial score (nSPS) is 15.8. The molecule has 1 unspecified atom stereocenters. The van der Waals surface area contributed by atoms with Crippen LogP contribution in [0.5, 0.6) is 0 Å². The third-order valence-electron chi connectivity index (χ3n) is 1.95. The standard InChI is InChI=1S/C10H22OS2/c1-7-9(2,3)11-10(4,5)8-13(6)12/h7-8H2,1-6H3. The first-order chi connectivity index (χ1) is 5.68. The van der Waals surface area contributed by atoms with E-state index in [1.165, 1.54) is 0 Å². The smallest absolute Gasteiger partial charge is 0.0726 e. The van der Waals surface area contributed by atoms with Gasteiger partial charge in [0.05, 0.1) is 11.2 Å². The van der Waals surface area contributed by atoms with E-state index < -0.39 is 0 Å². The van der Waals surface area contributed by atoms with Gasteiger partial charge >= 0.3 is 0 Å². The van der Waals surface area contributed by atoms with Crippen molar-refractivity contribution >= 4 is 20.6 Å². The highest BCUT2D eigenvalue weighted by Crippen LogP contribution is 2.23. The second-order valence-corrected chi connectivity index (χ2v) is 7.83. The van der Waals surface area contributed by atoms with Gasteiger partial charge in [0.25, 0.3) is 0 Å². The summed E-state index contributed by atoms with van der Waals surface area (Å²) in [6.45, 7) is 10.7. The van der Waals surface area contributed by atoms with Gasteiger partial charge < -0.3 is 4.74 Å². The summed E-state index contributed by atoms with van der Waals surface area (Å²) in [5.74, 6) is 0.964. The molecule has 0 aliphatic heterocycles. The SMILES string of the molecule is CCC(C)(C)OC(C)(C)CS(C)=S. The first-order valence-corrected chi connectivity index (χ1v) is 7.41. The van der Waals surface area contributed by atoms with Gasteiger partial charge in [-0.25, -0.2) is 0 Å². The van der Waals surface area contributed by atoms with Crippen LogP contribution < -0.4 is 0 Å². The van der Waals surface area contributed by atoms with E-state index in [1.807, 2.05) is 0 Å². The minimum atomic E-state index is -0.0842. The Balaban J connectivity index is 4.24. The molecule has 0 N–H and O–H groups in total. The molecule has 1 atom stereocenters. The quantitative estimate of drug-likeness (QED) is 0.707. The van der Waals surface area contributed by atoms with E-state index in [1.54, 1.807) is 0 Å². The van der Waals surface area contributed by atoms with E-state index in [2.05, 4.69) is 40.9 Å². The molecule has 0 saturated carbocycles. The fourth-order valence-electron chi connectivity index (χ4n) is 1.34. The lowest BCUT2D eigenvalue weighted by molar-refractivity contribution is -0.111. The Kier molecular flexibility index (Phi) is 5.05. The molecule has 0 bridgehead atoms. The van der Waals surface area contributed by atoms with Crippen molar-refractivity contribution in [2.45, 2.75) is 52.2 Å². The van der Waals surface area contributed by atoms with E-state index in [0.29, 0.717) is 0 Å². The zero-order valence-electron chi connectivity index (χ0n) is 9.64. The first kappa shape index (κ1) is 13.5. The topological polar surface area (TPSA) is 9.23 Å². The van der Waals surface area contributed by atoms with Crippen LogP contribution in [0.1, 0.15) is 41.0 Å². The Morgan fingerprint density at radius 3 is 1.92 bits per heavy atom. The molecule has 0 aromatic carbocycles. The third-order valence-corrected chi connectivity index (χ3v) is 3.41. The van der Waals surface area contributed by atoms with Gasteiger partial charge in [-0.1, -0.05) is 18.1 Å². The molecule has 0 amide bonds. The van der Waals surface area contributed by atoms with Crippen molar-refractivity contribution in [3.63, 3.8) is 0 Å². The van der Waals surface area contributed by atoms with Crippen LogP contribution in [0.15, 0.2) is 0 Å². The van der Waals surface area contributed by atoms with Gasteiger partial charge in [0.2, 0.25) is 0 Å². The Hall–Kier alpha value is 0.530. The summed E-state index contributed by atoms with van der Waals surface area (Å²) in [7, 11) is 0.0366. The second-order valence-electron chi connectivity index (χ2n) is 4.69. The van der Waals surface area contributed by atoms with Gasteiger partial charge in [-0.05, 0) is 40.4 Å². The highest BCUT2D eigenvalue weighted by atomic mass is 32.8. The van der Waals surface area contributed by atoms with Gasteiger partial charge in [0, 0.05) is 5.75 Å². The van der Waals surface area contributed by atoms with E-state index >= 15 is 0 Å². The zero-order chi connectivity index (χ0) is 10.7. The summed E-state index contributed by atoms with van der Waals surface area (Å²) >= 11 is 5.20. The molecular formula is C10H22OS2. The molecule has 0 aromatic heterocycles. The van der Waals surface area contributed by atoms with Crippen molar-refractivity contribution in [1.29, 1.82) is 0 Å². The number of rotatable bonds is 5. The van der Waals surface area contributed by atoms with Crippen molar-refractivity contribution in [3.8, 4) is 0 Å². The summed E-state index contributed by atoms with van der Waals surface area (Å²) in [5, 5.41) is 0. The molecule has 0 aromatic rings. The van der Waals surface area contributed by atoms with Crippen LogP contribution >= 0.6 is 0 Å². The molecule has 3 heteroatoms. The van der Waals surface area contributed by atoms with Gasteiger partial charge in [-0.15, -0.1) is 9.45 Å². The maximum Gasteiger partial charge on any atom is 0.0726 e.